The number of hydrogen-bond acceptors (Lipinski definition) is 8. The smallest absolute Gasteiger partial charge is 0.396 e. The van der Waals surface area contributed by atoms with Crippen molar-refractivity contribution < 1.29 is 36.9 Å². The largest absolute Gasteiger partial charge is 0.475 e. The van der Waals surface area contributed by atoms with E-state index in [1.807, 2.05) is 0 Å². The summed E-state index contributed by atoms with van der Waals surface area (Å²) in [5.41, 5.74) is 0. The Bertz CT molecular complexity index is 384. The van der Waals surface area contributed by atoms with Crippen molar-refractivity contribution in [1.29, 1.82) is 0 Å². The highest BCUT2D eigenvalue weighted by molar-refractivity contribution is 7.55. The van der Waals surface area contributed by atoms with E-state index >= 15 is 0 Å². The van der Waals surface area contributed by atoms with E-state index in [1.165, 1.54) is 0 Å². The van der Waals surface area contributed by atoms with Crippen LogP contribution in [0, 0.1) is 0 Å². The second kappa shape index (κ2) is 13.4. The molecule has 1 atom stereocenters. The summed E-state index contributed by atoms with van der Waals surface area (Å²) in [5, 5.41) is 8.87. The first-order valence-electron chi connectivity index (χ1n) is 8.48. The highest BCUT2D eigenvalue weighted by Crippen LogP contribution is 2.62. The van der Waals surface area contributed by atoms with Gasteiger partial charge in [-0.05, 0) is 40.5 Å². The summed E-state index contributed by atoms with van der Waals surface area (Å²) >= 11 is 0. The molecule has 1 N–H and O–H groups in total. The van der Waals surface area contributed by atoms with Crippen LogP contribution in [-0.4, -0.2) is 44.0 Å². The van der Waals surface area contributed by atoms with Crippen LogP contribution in [0.15, 0.2) is 0 Å². The van der Waals surface area contributed by atoms with Crippen molar-refractivity contribution in [2.24, 2.45) is 0 Å². The van der Waals surface area contributed by atoms with E-state index in [1.54, 1.807) is 27.7 Å². The number of phosphoric ester groups is 1. The number of rotatable bonds is 16. The predicted molar refractivity (Wildman–Crippen MR) is 92.1 cm³/mol. The summed E-state index contributed by atoms with van der Waals surface area (Å²) in [6.45, 7) is 7.38. The SMILES string of the molecule is CCOP(=O)(OCC)OC(CCCCCO)P(=O)(OCC)OCC. The molecular weight excluding hydrogens is 358 g/mol. The number of aliphatic hydroxyl groups is 1. The Labute approximate surface area is 145 Å². The van der Waals surface area contributed by atoms with Gasteiger partial charge in [0.2, 0.25) is 0 Å². The van der Waals surface area contributed by atoms with Crippen molar-refractivity contribution in [2.45, 2.75) is 59.2 Å². The van der Waals surface area contributed by atoms with E-state index < -0.39 is 21.3 Å². The van der Waals surface area contributed by atoms with Gasteiger partial charge < -0.3 is 14.2 Å². The third-order valence-corrected chi connectivity index (χ3v) is 7.04. The molecule has 0 bridgehead atoms. The molecular formula is C14H32O8P2. The average Bonchev–Trinajstić information content (AvgIpc) is 2.51. The summed E-state index contributed by atoms with van der Waals surface area (Å²) in [6.07, 6.45) is 2.23. The van der Waals surface area contributed by atoms with Crippen molar-refractivity contribution in [2.75, 3.05) is 33.0 Å². The van der Waals surface area contributed by atoms with E-state index in [0.717, 1.165) is 0 Å². The molecule has 8 nitrogen and oxygen atoms in total. The lowest BCUT2D eigenvalue weighted by Crippen LogP contribution is -2.18. The summed E-state index contributed by atoms with van der Waals surface area (Å²) in [7, 11) is -7.50. The van der Waals surface area contributed by atoms with Gasteiger partial charge in [0.25, 0.3) is 0 Å². The Balaban J connectivity index is 5.26. The lowest BCUT2D eigenvalue weighted by Gasteiger charge is -2.28. The Morgan fingerprint density at radius 2 is 1.29 bits per heavy atom. The molecule has 0 aliphatic carbocycles. The van der Waals surface area contributed by atoms with E-state index in [-0.39, 0.29) is 33.0 Å². The van der Waals surface area contributed by atoms with Gasteiger partial charge in [-0.1, -0.05) is 12.8 Å². The second-order valence-corrected chi connectivity index (χ2v) is 8.58. The predicted octanol–water partition coefficient (Wildman–Crippen LogP) is 4.33. The third kappa shape index (κ3) is 9.07. The fraction of sp³-hybridized carbons (Fsp3) is 1.00. The van der Waals surface area contributed by atoms with Crippen molar-refractivity contribution in [3.8, 4) is 0 Å². The van der Waals surface area contributed by atoms with Crippen molar-refractivity contribution >= 4 is 15.4 Å². The highest BCUT2D eigenvalue weighted by Gasteiger charge is 2.42. The van der Waals surface area contributed by atoms with Gasteiger partial charge in [0, 0.05) is 6.61 Å². The van der Waals surface area contributed by atoms with Crippen LogP contribution in [0.2, 0.25) is 0 Å². The molecule has 0 saturated carbocycles. The van der Waals surface area contributed by atoms with Gasteiger partial charge >= 0.3 is 15.4 Å². The molecule has 146 valence electrons. The molecule has 24 heavy (non-hydrogen) atoms. The molecule has 0 aliphatic rings. The Morgan fingerprint density at radius 3 is 1.71 bits per heavy atom. The molecule has 0 rings (SSSR count). The quantitative estimate of drug-likeness (QED) is 0.307. The second-order valence-electron chi connectivity index (χ2n) is 4.79. The summed E-state index contributed by atoms with van der Waals surface area (Å²) in [5.74, 6) is -1.06. The topological polar surface area (TPSA) is 101 Å². The highest BCUT2D eigenvalue weighted by atomic mass is 31.2. The minimum Gasteiger partial charge on any atom is -0.396 e. The zero-order chi connectivity index (χ0) is 18.5. The Morgan fingerprint density at radius 1 is 0.792 bits per heavy atom. The fourth-order valence-electron chi connectivity index (χ4n) is 2.00. The van der Waals surface area contributed by atoms with Crippen molar-refractivity contribution in [1.82, 2.24) is 0 Å². The first-order chi connectivity index (χ1) is 11.4. The van der Waals surface area contributed by atoms with Crippen LogP contribution in [0.3, 0.4) is 0 Å². The Hall–Kier alpha value is 0.220. The van der Waals surface area contributed by atoms with Crippen LogP contribution in [0.4, 0.5) is 0 Å². The van der Waals surface area contributed by atoms with Gasteiger partial charge in [0.1, 0.15) is 0 Å². The number of aliphatic hydroxyl groups excluding tert-OH is 1. The monoisotopic (exact) mass is 390 g/mol. The van der Waals surface area contributed by atoms with Gasteiger partial charge in [-0.2, -0.15) is 0 Å². The molecule has 0 amide bonds. The minimum atomic E-state index is -3.86. The van der Waals surface area contributed by atoms with Crippen molar-refractivity contribution in [3.05, 3.63) is 0 Å². The number of unbranched alkanes of at least 4 members (excludes halogenated alkanes) is 2. The summed E-state index contributed by atoms with van der Waals surface area (Å²) in [4.78, 5) is 0. The fourth-order valence-corrected chi connectivity index (χ4v) is 5.67. The molecule has 0 saturated heterocycles. The van der Waals surface area contributed by atoms with Crippen LogP contribution in [0.5, 0.6) is 0 Å². The van der Waals surface area contributed by atoms with Gasteiger partial charge in [-0.25, -0.2) is 4.57 Å². The van der Waals surface area contributed by atoms with E-state index in [4.69, 9.17) is 27.7 Å². The lowest BCUT2D eigenvalue weighted by atomic mass is 10.2. The zero-order valence-electron chi connectivity index (χ0n) is 15.1. The standard InChI is InChI=1S/C14H32O8P2/c1-5-18-23(16,19-6-2)14(12-10-9-11-13-15)22-24(17,20-7-3)21-8-4/h14-15H,5-13H2,1-4H3. The molecule has 0 aliphatic heterocycles. The summed E-state index contributed by atoms with van der Waals surface area (Å²) in [6, 6.07) is 0. The van der Waals surface area contributed by atoms with Gasteiger partial charge in [0.05, 0.1) is 26.4 Å². The van der Waals surface area contributed by atoms with E-state index in [2.05, 4.69) is 0 Å². The maximum absolute atomic E-state index is 13.0. The van der Waals surface area contributed by atoms with Crippen LogP contribution in [-0.2, 0) is 31.7 Å². The van der Waals surface area contributed by atoms with Crippen LogP contribution >= 0.6 is 15.4 Å². The van der Waals surface area contributed by atoms with E-state index in [9.17, 15) is 9.13 Å². The minimum absolute atomic E-state index is 0.0799. The Kier molecular flexibility index (Phi) is 13.6. The molecule has 0 aromatic heterocycles. The first kappa shape index (κ1) is 24.2. The van der Waals surface area contributed by atoms with Crippen molar-refractivity contribution in [3.63, 3.8) is 0 Å². The zero-order valence-corrected chi connectivity index (χ0v) is 16.9. The molecule has 0 heterocycles. The molecule has 1 unspecified atom stereocenters. The summed E-state index contributed by atoms with van der Waals surface area (Å²) < 4.78 is 52.0. The van der Waals surface area contributed by atoms with Crippen LogP contribution < -0.4 is 0 Å². The molecule has 0 aromatic carbocycles. The normalized spacial score (nSPS) is 14.0. The molecule has 10 heteroatoms. The van der Waals surface area contributed by atoms with Gasteiger partial charge in [-0.3, -0.25) is 18.1 Å². The third-order valence-electron chi connectivity index (χ3n) is 2.91. The van der Waals surface area contributed by atoms with Crippen LogP contribution in [0.25, 0.3) is 0 Å². The maximum atomic E-state index is 13.0. The molecule has 0 spiro atoms. The first-order valence-corrected chi connectivity index (χ1v) is 11.6. The van der Waals surface area contributed by atoms with Crippen LogP contribution in [0.1, 0.15) is 53.4 Å². The molecule has 0 fully saturated rings. The number of hydrogen-bond donors (Lipinski definition) is 1. The van der Waals surface area contributed by atoms with E-state index in [0.29, 0.717) is 25.7 Å². The van der Waals surface area contributed by atoms with Gasteiger partial charge in [0.15, 0.2) is 5.85 Å². The molecule has 0 aromatic rings. The van der Waals surface area contributed by atoms with Gasteiger partial charge in [-0.15, -0.1) is 0 Å². The average molecular weight is 390 g/mol. The maximum Gasteiger partial charge on any atom is 0.475 e. The molecule has 0 radical (unpaired) electrons. The lowest BCUT2D eigenvalue weighted by molar-refractivity contribution is 0.0851. The number of phosphoric acid groups is 1.